The molecule has 1 aliphatic heterocycles. The van der Waals surface area contributed by atoms with Crippen LogP contribution in [0.25, 0.3) is 0 Å². The molecule has 0 amide bonds. The fourth-order valence-electron chi connectivity index (χ4n) is 4.38. The number of halogens is 3. The van der Waals surface area contributed by atoms with Crippen molar-refractivity contribution in [3.63, 3.8) is 0 Å². The summed E-state index contributed by atoms with van der Waals surface area (Å²) in [5.41, 5.74) is -3.45. The summed E-state index contributed by atoms with van der Waals surface area (Å²) in [6, 6.07) is 27.0. The van der Waals surface area contributed by atoms with Crippen LogP contribution in [0.1, 0.15) is 23.6 Å². The highest BCUT2D eigenvalue weighted by molar-refractivity contribution is 7.87. The fraction of sp³-hybridized carbons (Fsp3) is 0.379. The third-order valence-corrected chi connectivity index (χ3v) is 7.56. The van der Waals surface area contributed by atoms with Crippen molar-refractivity contribution < 1.29 is 49.8 Å². The first-order valence-corrected chi connectivity index (χ1v) is 14.2. The first kappa shape index (κ1) is 31.1. The standard InChI is InChI=1S/C29H31F3O8S/c1-28(40-41(34,35)29(30,31)32)27(33)26(38-19-23-15-9-4-10-16-23)25(37-18-22-13-7-3-8-14-22)24(39-28)20-36-17-21-11-5-2-6-12-21/h2-16,24-27,33H,17-20H2,1H3/t24-,25-,26+,27-,28-/m0/s1. The van der Waals surface area contributed by atoms with E-state index in [1.165, 1.54) is 0 Å². The Bertz CT molecular complexity index is 1330. The van der Waals surface area contributed by atoms with E-state index in [9.17, 15) is 26.7 Å². The molecule has 41 heavy (non-hydrogen) atoms. The minimum absolute atomic E-state index is 0.0421. The number of benzene rings is 3. The maximum atomic E-state index is 13.3. The molecule has 1 saturated heterocycles. The Labute approximate surface area is 236 Å². The van der Waals surface area contributed by atoms with Crippen molar-refractivity contribution in [1.82, 2.24) is 0 Å². The normalized spacial score (nSPS) is 25.2. The van der Waals surface area contributed by atoms with Gasteiger partial charge < -0.3 is 24.1 Å². The summed E-state index contributed by atoms with van der Waals surface area (Å²) in [6.45, 7) is 0.783. The monoisotopic (exact) mass is 596 g/mol. The van der Waals surface area contributed by atoms with Crippen LogP contribution in [-0.4, -0.2) is 55.8 Å². The molecule has 12 heteroatoms. The molecule has 0 spiro atoms. The van der Waals surface area contributed by atoms with Crippen LogP contribution in [0, 0.1) is 0 Å². The lowest BCUT2D eigenvalue weighted by atomic mass is 9.93. The summed E-state index contributed by atoms with van der Waals surface area (Å²) in [7, 11) is -6.16. The smallest absolute Gasteiger partial charge is 0.385 e. The average molecular weight is 597 g/mol. The Kier molecular flexibility index (Phi) is 10.2. The highest BCUT2D eigenvalue weighted by Gasteiger charge is 2.60. The van der Waals surface area contributed by atoms with E-state index < -0.39 is 45.8 Å². The van der Waals surface area contributed by atoms with Gasteiger partial charge in [0.25, 0.3) is 0 Å². The van der Waals surface area contributed by atoms with Crippen LogP contribution in [0.5, 0.6) is 0 Å². The third kappa shape index (κ3) is 8.13. The minimum Gasteiger partial charge on any atom is -0.385 e. The molecule has 4 rings (SSSR count). The van der Waals surface area contributed by atoms with Crippen molar-refractivity contribution in [2.24, 2.45) is 0 Å². The summed E-state index contributed by atoms with van der Waals surface area (Å²) in [5, 5.41) is 11.3. The lowest BCUT2D eigenvalue weighted by Gasteiger charge is -2.48. The molecule has 0 radical (unpaired) electrons. The van der Waals surface area contributed by atoms with Crippen molar-refractivity contribution in [2.75, 3.05) is 6.61 Å². The van der Waals surface area contributed by atoms with Gasteiger partial charge in [0.1, 0.15) is 24.4 Å². The molecule has 5 atom stereocenters. The second-order valence-corrected chi connectivity index (χ2v) is 11.2. The summed E-state index contributed by atoms with van der Waals surface area (Å²) in [4.78, 5) is 0. The number of hydrogen-bond donors (Lipinski definition) is 1. The van der Waals surface area contributed by atoms with Crippen LogP contribution < -0.4 is 0 Å². The average Bonchev–Trinajstić information content (AvgIpc) is 2.94. The molecule has 222 valence electrons. The van der Waals surface area contributed by atoms with Gasteiger partial charge in [-0.15, -0.1) is 0 Å². The van der Waals surface area contributed by atoms with Gasteiger partial charge in [-0.05, 0) is 23.6 Å². The van der Waals surface area contributed by atoms with Gasteiger partial charge in [-0.3, -0.25) is 0 Å². The van der Waals surface area contributed by atoms with Gasteiger partial charge in [-0.2, -0.15) is 21.6 Å². The lowest BCUT2D eigenvalue weighted by Crippen LogP contribution is -2.67. The van der Waals surface area contributed by atoms with Crippen LogP contribution in [0.2, 0.25) is 0 Å². The molecule has 0 unspecified atom stereocenters. The topological polar surface area (TPSA) is 101 Å². The highest BCUT2D eigenvalue weighted by atomic mass is 32.2. The van der Waals surface area contributed by atoms with Crippen molar-refractivity contribution in [2.45, 2.75) is 62.5 Å². The number of aliphatic hydroxyl groups excluding tert-OH is 1. The molecular weight excluding hydrogens is 565 g/mol. The van der Waals surface area contributed by atoms with E-state index in [0.29, 0.717) is 5.56 Å². The predicted octanol–water partition coefficient (Wildman–Crippen LogP) is 4.72. The molecule has 3 aromatic rings. The third-order valence-electron chi connectivity index (χ3n) is 6.45. The van der Waals surface area contributed by atoms with Crippen LogP contribution >= 0.6 is 0 Å². The van der Waals surface area contributed by atoms with Gasteiger partial charge in [0, 0.05) is 0 Å². The van der Waals surface area contributed by atoms with E-state index in [1.807, 2.05) is 60.7 Å². The summed E-state index contributed by atoms with van der Waals surface area (Å²) >= 11 is 0. The summed E-state index contributed by atoms with van der Waals surface area (Å²) in [6.07, 6.45) is -5.66. The second kappa shape index (κ2) is 13.4. The van der Waals surface area contributed by atoms with E-state index in [1.54, 1.807) is 30.3 Å². The second-order valence-electron chi connectivity index (χ2n) is 9.62. The molecule has 0 aromatic heterocycles. The number of alkyl halides is 3. The predicted molar refractivity (Wildman–Crippen MR) is 141 cm³/mol. The zero-order chi connectivity index (χ0) is 29.5. The van der Waals surface area contributed by atoms with Crippen molar-refractivity contribution in [3.8, 4) is 0 Å². The molecule has 3 aromatic carbocycles. The number of aliphatic hydroxyl groups is 1. The first-order chi connectivity index (χ1) is 19.5. The first-order valence-electron chi connectivity index (χ1n) is 12.8. The molecule has 0 bridgehead atoms. The molecule has 0 aliphatic carbocycles. The van der Waals surface area contributed by atoms with Gasteiger partial charge in [0.15, 0.2) is 0 Å². The Hall–Kier alpha value is -2.84. The number of rotatable bonds is 12. The van der Waals surface area contributed by atoms with Crippen LogP contribution in [0.15, 0.2) is 91.0 Å². The van der Waals surface area contributed by atoms with Crippen molar-refractivity contribution >= 4 is 10.1 Å². The van der Waals surface area contributed by atoms with Crippen molar-refractivity contribution in [3.05, 3.63) is 108 Å². The largest absolute Gasteiger partial charge is 0.523 e. The van der Waals surface area contributed by atoms with Gasteiger partial charge in [-0.25, -0.2) is 4.18 Å². The maximum Gasteiger partial charge on any atom is 0.523 e. The van der Waals surface area contributed by atoms with Crippen LogP contribution in [-0.2, 0) is 53.1 Å². The molecule has 1 heterocycles. The molecule has 1 aliphatic rings. The van der Waals surface area contributed by atoms with Crippen LogP contribution in [0.3, 0.4) is 0 Å². The van der Waals surface area contributed by atoms with E-state index in [4.69, 9.17) is 18.9 Å². The Morgan fingerprint density at radius 1 is 0.780 bits per heavy atom. The quantitative estimate of drug-likeness (QED) is 0.237. The molecular formula is C29H31F3O8S. The van der Waals surface area contributed by atoms with E-state index >= 15 is 0 Å². The van der Waals surface area contributed by atoms with E-state index in [0.717, 1.165) is 18.1 Å². The fourth-order valence-corrected chi connectivity index (χ4v) is 5.05. The van der Waals surface area contributed by atoms with Gasteiger partial charge in [-0.1, -0.05) is 91.0 Å². The minimum atomic E-state index is -6.16. The number of hydrogen-bond acceptors (Lipinski definition) is 8. The van der Waals surface area contributed by atoms with E-state index in [-0.39, 0.29) is 26.4 Å². The molecule has 1 N–H and O–H groups in total. The maximum absolute atomic E-state index is 13.3. The highest BCUT2D eigenvalue weighted by Crippen LogP contribution is 2.39. The Balaban J connectivity index is 1.64. The number of ether oxygens (including phenoxy) is 4. The summed E-state index contributed by atoms with van der Waals surface area (Å²) in [5.74, 6) is -2.68. The molecule has 1 fully saturated rings. The SMILES string of the molecule is C[C@@]1(OS(=O)(=O)C(F)(F)F)O[C@@H](COCc2ccccc2)[C@H](OCc2ccccc2)[C@@H](OCc2ccccc2)[C@@H]1O. The van der Waals surface area contributed by atoms with Crippen LogP contribution in [0.4, 0.5) is 13.2 Å². The summed E-state index contributed by atoms with van der Waals surface area (Å²) < 4.78 is 92.1. The van der Waals surface area contributed by atoms with E-state index in [2.05, 4.69) is 4.18 Å². The molecule has 0 saturated carbocycles. The Morgan fingerprint density at radius 2 is 1.22 bits per heavy atom. The Morgan fingerprint density at radius 3 is 1.68 bits per heavy atom. The van der Waals surface area contributed by atoms with Gasteiger partial charge in [0.05, 0.1) is 26.4 Å². The van der Waals surface area contributed by atoms with Gasteiger partial charge >= 0.3 is 15.6 Å². The zero-order valence-corrected chi connectivity index (χ0v) is 23.0. The zero-order valence-electron chi connectivity index (χ0n) is 22.1. The lowest BCUT2D eigenvalue weighted by molar-refractivity contribution is -0.345. The molecule has 8 nitrogen and oxygen atoms in total. The van der Waals surface area contributed by atoms with Gasteiger partial charge in [0.2, 0.25) is 5.79 Å². The van der Waals surface area contributed by atoms with Crippen molar-refractivity contribution in [1.29, 1.82) is 0 Å².